The minimum absolute atomic E-state index is 0.0455. The predicted octanol–water partition coefficient (Wildman–Crippen LogP) is 3.85. The van der Waals surface area contributed by atoms with Gasteiger partial charge in [-0.1, -0.05) is 31.5 Å². The van der Waals surface area contributed by atoms with Gasteiger partial charge in [-0.05, 0) is 36.8 Å². The van der Waals surface area contributed by atoms with Crippen LogP contribution in [0.2, 0.25) is 0 Å². The number of nitrogens with two attached hydrogens (primary N) is 1. The number of hydrogen-bond donors (Lipinski definition) is 1. The summed E-state index contributed by atoms with van der Waals surface area (Å²) in [6, 6.07) is 13.5. The number of halogens is 1. The highest BCUT2D eigenvalue weighted by molar-refractivity contribution is 6.06. The van der Waals surface area contributed by atoms with Crippen LogP contribution in [0.25, 0.3) is 0 Å². The van der Waals surface area contributed by atoms with E-state index in [1.807, 2.05) is 30.3 Å². The Morgan fingerprint density at radius 2 is 1.90 bits per heavy atom. The molecular weight excluding hydrogens is 267 g/mol. The number of nitrogens with zero attached hydrogens (tertiary/aromatic N) is 1. The number of hydrogen-bond acceptors (Lipinski definition) is 2. The number of unbranched alkanes of at least 4 members (excludes halogenated alkanes) is 1. The van der Waals surface area contributed by atoms with E-state index in [1.165, 1.54) is 12.1 Å². The smallest absolute Gasteiger partial charge is 0.261 e. The largest absolute Gasteiger partial charge is 0.399 e. The quantitative estimate of drug-likeness (QED) is 0.848. The zero-order valence-corrected chi connectivity index (χ0v) is 12.1. The van der Waals surface area contributed by atoms with Crippen molar-refractivity contribution in [1.82, 2.24) is 0 Å². The fraction of sp³-hybridized carbons (Fsp3) is 0.235. The van der Waals surface area contributed by atoms with Crippen LogP contribution in [0, 0.1) is 5.82 Å². The first kappa shape index (κ1) is 15.0. The van der Waals surface area contributed by atoms with E-state index in [-0.39, 0.29) is 11.5 Å². The van der Waals surface area contributed by atoms with Crippen LogP contribution in [-0.4, -0.2) is 12.5 Å². The molecule has 3 nitrogen and oxygen atoms in total. The van der Waals surface area contributed by atoms with Gasteiger partial charge in [-0.25, -0.2) is 4.39 Å². The molecule has 21 heavy (non-hydrogen) atoms. The van der Waals surface area contributed by atoms with Gasteiger partial charge in [-0.3, -0.25) is 4.79 Å². The van der Waals surface area contributed by atoms with E-state index in [0.29, 0.717) is 12.2 Å². The van der Waals surface area contributed by atoms with Crippen LogP contribution in [0.15, 0.2) is 48.5 Å². The van der Waals surface area contributed by atoms with E-state index in [9.17, 15) is 9.18 Å². The summed E-state index contributed by atoms with van der Waals surface area (Å²) in [4.78, 5) is 14.2. The Labute approximate surface area is 124 Å². The first-order valence-corrected chi connectivity index (χ1v) is 7.05. The standard InChI is InChI=1S/C17H19FN2O/c1-2-3-11-20(14-7-5-4-6-8-14)17(21)15-10-9-13(19)12-16(15)18/h4-10,12H,2-3,11,19H2,1H3. The number of para-hydroxylation sites is 1. The first-order valence-electron chi connectivity index (χ1n) is 7.05. The molecule has 4 heteroatoms. The summed E-state index contributed by atoms with van der Waals surface area (Å²) < 4.78 is 14.0. The number of carbonyl (C=O) groups excluding carboxylic acids is 1. The molecule has 0 bridgehead atoms. The molecule has 0 fully saturated rings. The van der Waals surface area contributed by atoms with E-state index in [0.717, 1.165) is 18.5 Å². The number of anilines is 2. The number of benzene rings is 2. The monoisotopic (exact) mass is 286 g/mol. The van der Waals surface area contributed by atoms with Crippen molar-refractivity contribution in [1.29, 1.82) is 0 Å². The van der Waals surface area contributed by atoms with Gasteiger partial charge in [0.15, 0.2) is 0 Å². The van der Waals surface area contributed by atoms with Gasteiger partial charge >= 0.3 is 0 Å². The number of carbonyl (C=O) groups is 1. The molecule has 2 rings (SSSR count). The average molecular weight is 286 g/mol. The highest BCUT2D eigenvalue weighted by Crippen LogP contribution is 2.20. The zero-order valence-electron chi connectivity index (χ0n) is 12.1. The maximum absolute atomic E-state index is 14.0. The van der Waals surface area contributed by atoms with Crippen molar-refractivity contribution in [3.05, 3.63) is 59.9 Å². The molecule has 2 N–H and O–H groups in total. The third-order valence-corrected chi connectivity index (χ3v) is 3.27. The lowest BCUT2D eigenvalue weighted by Gasteiger charge is -2.23. The third kappa shape index (κ3) is 3.60. The number of rotatable bonds is 5. The van der Waals surface area contributed by atoms with Gasteiger partial charge in [0.2, 0.25) is 0 Å². The van der Waals surface area contributed by atoms with Gasteiger partial charge in [0.05, 0.1) is 5.56 Å². The summed E-state index contributed by atoms with van der Waals surface area (Å²) in [5, 5.41) is 0. The van der Waals surface area contributed by atoms with Crippen LogP contribution >= 0.6 is 0 Å². The highest BCUT2D eigenvalue weighted by Gasteiger charge is 2.20. The molecule has 0 aromatic heterocycles. The fourth-order valence-electron chi connectivity index (χ4n) is 2.12. The predicted molar refractivity (Wildman–Crippen MR) is 83.8 cm³/mol. The summed E-state index contributed by atoms with van der Waals surface area (Å²) >= 11 is 0. The molecule has 2 aromatic rings. The van der Waals surface area contributed by atoms with Crippen molar-refractivity contribution >= 4 is 17.3 Å². The summed E-state index contributed by atoms with van der Waals surface area (Å²) in [5.74, 6) is -0.926. The molecule has 2 aromatic carbocycles. The molecule has 0 aliphatic carbocycles. The normalized spacial score (nSPS) is 10.4. The third-order valence-electron chi connectivity index (χ3n) is 3.27. The van der Waals surface area contributed by atoms with E-state index in [2.05, 4.69) is 6.92 Å². The molecule has 0 heterocycles. The van der Waals surface area contributed by atoms with Crippen LogP contribution in [0.5, 0.6) is 0 Å². The summed E-state index contributed by atoms with van der Waals surface area (Å²) in [7, 11) is 0. The maximum atomic E-state index is 14.0. The molecule has 0 aliphatic rings. The Bertz CT molecular complexity index is 613. The van der Waals surface area contributed by atoms with E-state index >= 15 is 0 Å². The van der Waals surface area contributed by atoms with E-state index in [1.54, 1.807) is 11.0 Å². The van der Waals surface area contributed by atoms with E-state index in [4.69, 9.17) is 5.73 Å². The topological polar surface area (TPSA) is 46.3 Å². The Morgan fingerprint density at radius 1 is 1.19 bits per heavy atom. The molecule has 1 amide bonds. The molecule has 0 atom stereocenters. The van der Waals surface area contributed by atoms with Crippen molar-refractivity contribution in [2.24, 2.45) is 0 Å². The molecule has 0 saturated carbocycles. The van der Waals surface area contributed by atoms with Gasteiger partial charge in [0, 0.05) is 17.9 Å². The summed E-state index contributed by atoms with van der Waals surface area (Å²) in [6.07, 6.45) is 1.82. The second-order valence-corrected chi connectivity index (χ2v) is 4.89. The SMILES string of the molecule is CCCCN(C(=O)c1ccc(N)cc1F)c1ccccc1. The van der Waals surface area contributed by atoms with Crippen molar-refractivity contribution in [2.45, 2.75) is 19.8 Å². The molecule has 0 unspecified atom stereocenters. The highest BCUT2D eigenvalue weighted by atomic mass is 19.1. The molecular formula is C17H19FN2O. The second-order valence-electron chi connectivity index (χ2n) is 4.89. The minimum Gasteiger partial charge on any atom is -0.399 e. The lowest BCUT2D eigenvalue weighted by Crippen LogP contribution is -2.32. The summed E-state index contributed by atoms with van der Waals surface area (Å²) in [6.45, 7) is 2.61. The summed E-state index contributed by atoms with van der Waals surface area (Å²) in [5.41, 5.74) is 6.66. The van der Waals surface area contributed by atoms with Crippen molar-refractivity contribution in [2.75, 3.05) is 17.2 Å². The first-order chi connectivity index (χ1) is 10.1. The number of nitrogen functional groups attached to an aromatic ring is 1. The van der Waals surface area contributed by atoms with Gasteiger partial charge in [-0.2, -0.15) is 0 Å². The second kappa shape index (κ2) is 6.88. The van der Waals surface area contributed by atoms with Gasteiger partial charge in [-0.15, -0.1) is 0 Å². The number of amides is 1. The molecule has 110 valence electrons. The maximum Gasteiger partial charge on any atom is 0.261 e. The van der Waals surface area contributed by atoms with Gasteiger partial charge in [0.1, 0.15) is 5.82 Å². The van der Waals surface area contributed by atoms with Crippen LogP contribution in [0.3, 0.4) is 0 Å². The molecule has 0 radical (unpaired) electrons. The van der Waals surface area contributed by atoms with Gasteiger partial charge < -0.3 is 10.6 Å². The Balaban J connectivity index is 2.34. The lowest BCUT2D eigenvalue weighted by atomic mass is 10.1. The van der Waals surface area contributed by atoms with Crippen LogP contribution in [0.4, 0.5) is 15.8 Å². The van der Waals surface area contributed by atoms with Crippen LogP contribution in [0.1, 0.15) is 30.1 Å². The Morgan fingerprint density at radius 3 is 2.52 bits per heavy atom. The van der Waals surface area contributed by atoms with Gasteiger partial charge in [0.25, 0.3) is 5.91 Å². The molecule has 0 spiro atoms. The van der Waals surface area contributed by atoms with Crippen molar-refractivity contribution in [3.8, 4) is 0 Å². The van der Waals surface area contributed by atoms with Crippen molar-refractivity contribution in [3.63, 3.8) is 0 Å². The van der Waals surface area contributed by atoms with E-state index < -0.39 is 5.82 Å². The Hall–Kier alpha value is -2.36. The average Bonchev–Trinajstić information content (AvgIpc) is 2.48. The van der Waals surface area contributed by atoms with Crippen molar-refractivity contribution < 1.29 is 9.18 Å². The lowest BCUT2D eigenvalue weighted by molar-refractivity contribution is 0.0983. The van der Waals surface area contributed by atoms with Crippen LogP contribution < -0.4 is 10.6 Å². The zero-order chi connectivity index (χ0) is 15.2. The molecule has 0 saturated heterocycles. The van der Waals surface area contributed by atoms with Crippen LogP contribution in [-0.2, 0) is 0 Å². The Kier molecular flexibility index (Phi) is 4.93. The molecule has 0 aliphatic heterocycles. The minimum atomic E-state index is -0.586. The fourth-order valence-corrected chi connectivity index (χ4v) is 2.12.